The Balaban J connectivity index is 1.41. The maximum atomic E-state index is 13.3. The number of hydrogen-bond acceptors (Lipinski definition) is 3. The second-order valence-corrected chi connectivity index (χ2v) is 8.19. The minimum atomic E-state index is -0.239. The van der Waals surface area contributed by atoms with Gasteiger partial charge in [-0.25, -0.2) is 0 Å². The molecule has 3 aromatic rings. The molecule has 0 spiro atoms. The molecule has 30 heavy (non-hydrogen) atoms. The lowest BCUT2D eigenvalue weighted by molar-refractivity contribution is 0.0618. The highest BCUT2D eigenvalue weighted by molar-refractivity contribution is 6.05. The molecular weight excluding hydrogens is 374 g/mol. The minimum Gasteiger partial charge on any atom is -0.337 e. The summed E-state index contributed by atoms with van der Waals surface area (Å²) in [6, 6.07) is 19.7. The van der Waals surface area contributed by atoms with Crippen LogP contribution in [0.3, 0.4) is 0 Å². The van der Waals surface area contributed by atoms with Gasteiger partial charge >= 0.3 is 0 Å². The molecule has 2 heterocycles. The molecule has 1 aliphatic heterocycles. The van der Waals surface area contributed by atoms with Crippen LogP contribution >= 0.6 is 0 Å². The summed E-state index contributed by atoms with van der Waals surface area (Å²) < 4.78 is 0. The summed E-state index contributed by atoms with van der Waals surface area (Å²) >= 11 is 0. The van der Waals surface area contributed by atoms with E-state index < -0.39 is 0 Å². The Morgan fingerprint density at radius 3 is 2.73 bits per heavy atom. The first-order valence-electron chi connectivity index (χ1n) is 10.8. The smallest absolute Gasteiger partial charge is 0.254 e. The van der Waals surface area contributed by atoms with E-state index in [-0.39, 0.29) is 17.5 Å². The molecule has 1 saturated heterocycles. The van der Waals surface area contributed by atoms with Gasteiger partial charge in [-0.1, -0.05) is 48.5 Å². The lowest BCUT2D eigenvalue weighted by Crippen LogP contribution is -2.48. The number of rotatable bonds is 6. The number of likely N-dealkylation sites (tertiary alicyclic amines) is 1. The van der Waals surface area contributed by atoms with Gasteiger partial charge in [0.2, 0.25) is 5.56 Å². The largest absolute Gasteiger partial charge is 0.337 e. The van der Waals surface area contributed by atoms with Gasteiger partial charge in [0, 0.05) is 36.6 Å². The third-order valence-electron chi connectivity index (χ3n) is 6.11. The second-order valence-electron chi connectivity index (χ2n) is 8.19. The standard InChI is InChI=1S/C25H29N3O2/c1-27(25(30)22-17-24(29)26-23-14-6-5-13-21(22)23)20-12-8-16-28(18-20)15-7-11-19-9-3-2-4-10-19/h2-6,9-10,13-14,17,20H,7-8,11-12,15-16,18H2,1H3,(H,26,29)/t20-/m0/s1. The van der Waals surface area contributed by atoms with E-state index in [0.717, 1.165) is 50.7 Å². The molecular formula is C25H29N3O2. The van der Waals surface area contributed by atoms with Crippen molar-refractivity contribution in [3.8, 4) is 0 Å². The Hall–Kier alpha value is -2.92. The zero-order chi connectivity index (χ0) is 20.9. The number of benzene rings is 2. The van der Waals surface area contributed by atoms with Crippen LogP contribution in [0.25, 0.3) is 10.9 Å². The molecule has 1 aliphatic rings. The minimum absolute atomic E-state index is 0.0755. The zero-order valence-electron chi connectivity index (χ0n) is 17.5. The molecule has 0 saturated carbocycles. The zero-order valence-corrected chi connectivity index (χ0v) is 17.5. The average Bonchev–Trinajstić information content (AvgIpc) is 2.78. The van der Waals surface area contributed by atoms with Gasteiger partial charge in [-0.15, -0.1) is 0 Å². The van der Waals surface area contributed by atoms with Crippen LogP contribution in [0.2, 0.25) is 0 Å². The third-order valence-corrected chi connectivity index (χ3v) is 6.11. The highest BCUT2D eigenvalue weighted by atomic mass is 16.2. The summed E-state index contributed by atoms with van der Waals surface area (Å²) in [6.45, 7) is 3.01. The topological polar surface area (TPSA) is 56.4 Å². The lowest BCUT2D eigenvalue weighted by Gasteiger charge is -2.37. The van der Waals surface area contributed by atoms with E-state index >= 15 is 0 Å². The molecule has 1 fully saturated rings. The summed E-state index contributed by atoms with van der Waals surface area (Å²) in [7, 11) is 1.87. The number of pyridine rings is 1. The fraction of sp³-hybridized carbons (Fsp3) is 0.360. The summed E-state index contributed by atoms with van der Waals surface area (Å²) in [5.74, 6) is -0.0755. The van der Waals surface area contributed by atoms with E-state index in [1.165, 1.54) is 11.6 Å². The predicted octanol–water partition coefficient (Wildman–Crippen LogP) is 3.70. The first-order valence-corrected chi connectivity index (χ1v) is 10.8. The molecule has 2 aromatic carbocycles. The number of hydrogen-bond donors (Lipinski definition) is 1. The normalized spacial score (nSPS) is 17.2. The predicted molar refractivity (Wildman–Crippen MR) is 121 cm³/mol. The van der Waals surface area contributed by atoms with Crippen molar-refractivity contribution < 1.29 is 4.79 Å². The van der Waals surface area contributed by atoms with Gasteiger partial charge in [0.25, 0.3) is 5.91 Å². The molecule has 1 amide bonds. The van der Waals surface area contributed by atoms with Crippen molar-refractivity contribution in [2.75, 3.05) is 26.7 Å². The van der Waals surface area contributed by atoms with Crippen molar-refractivity contribution in [2.45, 2.75) is 31.7 Å². The van der Waals surface area contributed by atoms with Crippen LogP contribution in [-0.2, 0) is 6.42 Å². The molecule has 0 radical (unpaired) electrons. The summed E-state index contributed by atoms with van der Waals surface area (Å²) in [4.78, 5) is 32.5. The summed E-state index contributed by atoms with van der Waals surface area (Å²) in [6.07, 6.45) is 4.28. The van der Waals surface area contributed by atoms with Crippen LogP contribution in [0.4, 0.5) is 0 Å². The Morgan fingerprint density at radius 1 is 1.13 bits per heavy atom. The van der Waals surface area contributed by atoms with Crippen molar-refractivity contribution in [3.63, 3.8) is 0 Å². The number of aromatic amines is 1. The average molecular weight is 404 g/mol. The number of carbonyl (C=O) groups excluding carboxylic acids is 1. The van der Waals surface area contributed by atoms with Gasteiger partial charge in [0.15, 0.2) is 0 Å². The van der Waals surface area contributed by atoms with Crippen LogP contribution in [0.5, 0.6) is 0 Å². The fourth-order valence-electron chi connectivity index (χ4n) is 4.44. The SMILES string of the molecule is CN(C(=O)c1cc(=O)[nH]c2ccccc12)[C@H]1CCCN(CCCc2ccccc2)C1. The van der Waals surface area contributed by atoms with Gasteiger partial charge in [-0.2, -0.15) is 0 Å². The molecule has 1 aromatic heterocycles. The summed E-state index contributed by atoms with van der Waals surface area (Å²) in [5, 5.41) is 0.796. The van der Waals surface area contributed by atoms with E-state index in [2.05, 4.69) is 40.2 Å². The van der Waals surface area contributed by atoms with Crippen molar-refractivity contribution in [3.05, 3.63) is 82.1 Å². The molecule has 0 unspecified atom stereocenters. The Labute approximate surface area is 177 Å². The van der Waals surface area contributed by atoms with Crippen molar-refractivity contribution in [1.82, 2.24) is 14.8 Å². The van der Waals surface area contributed by atoms with E-state index in [0.29, 0.717) is 11.1 Å². The molecule has 4 rings (SSSR count). The molecule has 0 bridgehead atoms. The number of nitrogens with one attached hydrogen (secondary N) is 1. The van der Waals surface area contributed by atoms with Gasteiger partial charge < -0.3 is 14.8 Å². The third kappa shape index (κ3) is 4.62. The lowest BCUT2D eigenvalue weighted by atomic mass is 10.0. The molecule has 0 aliphatic carbocycles. The van der Waals surface area contributed by atoms with Crippen molar-refractivity contribution in [2.24, 2.45) is 0 Å². The quantitative estimate of drug-likeness (QED) is 0.683. The number of nitrogens with zero attached hydrogens (tertiary/aromatic N) is 2. The first kappa shape index (κ1) is 20.4. The Morgan fingerprint density at radius 2 is 1.90 bits per heavy atom. The van der Waals surface area contributed by atoms with Crippen molar-refractivity contribution in [1.29, 1.82) is 0 Å². The molecule has 5 nitrogen and oxygen atoms in total. The molecule has 1 N–H and O–H groups in total. The maximum absolute atomic E-state index is 13.3. The van der Waals surface area contributed by atoms with Crippen LogP contribution in [0, 0.1) is 0 Å². The molecule has 5 heteroatoms. The second kappa shape index (κ2) is 9.26. The van der Waals surface area contributed by atoms with Crippen LogP contribution < -0.4 is 5.56 Å². The number of amides is 1. The van der Waals surface area contributed by atoms with Crippen LogP contribution in [0.1, 0.15) is 35.2 Å². The number of carbonyl (C=O) groups is 1. The number of piperidine rings is 1. The highest BCUT2D eigenvalue weighted by Crippen LogP contribution is 2.21. The fourth-order valence-corrected chi connectivity index (χ4v) is 4.44. The van der Waals surface area contributed by atoms with Gasteiger partial charge in [-0.05, 0) is 50.4 Å². The number of para-hydroxylation sites is 1. The monoisotopic (exact) mass is 403 g/mol. The molecule has 1 atom stereocenters. The highest BCUT2D eigenvalue weighted by Gasteiger charge is 2.27. The van der Waals surface area contributed by atoms with E-state index in [9.17, 15) is 9.59 Å². The number of fused-ring (bicyclic) bond motifs is 1. The van der Waals surface area contributed by atoms with E-state index in [1.54, 1.807) is 0 Å². The van der Waals surface area contributed by atoms with E-state index in [1.807, 2.05) is 36.2 Å². The van der Waals surface area contributed by atoms with Crippen LogP contribution in [-0.4, -0.2) is 53.4 Å². The number of aryl methyl sites for hydroxylation is 1. The van der Waals surface area contributed by atoms with Crippen LogP contribution in [0.15, 0.2) is 65.5 Å². The van der Waals surface area contributed by atoms with Gasteiger partial charge in [0.1, 0.15) is 0 Å². The number of aromatic nitrogens is 1. The molecule has 156 valence electrons. The van der Waals surface area contributed by atoms with Crippen molar-refractivity contribution >= 4 is 16.8 Å². The number of likely N-dealkylation sites (N-methyl/N-ethyl adjacent to an activating group) is 1. The first-order chi connectivity index (χ1) is 14.6. The van der Waals surface area contributed by atoms with Gasteiger partial charge in [-0.3, -0.25) is 9.59 Å². The Kier molecular flexibility index (Phi) is 6.29. The van der Waals surface area contributed by atoms with Gasteiger partial charge in [0.05, 0.1) is 5.56 Å². The number of H-pyrrole nitrogens is 1. The summed E-state index contributed by atoms with van der Waals surface area (Å²) in [5.41, 5.74) is 2.32. The Bertz CT molecular complexity index is 1060. The van der Waals surface area contributed by atoms with E-state index in [4.69, 9.17) is 0 Å². The maximum Gasteiger partial charge on any atom is 0.254 e.